The van der Waals surface area contributed by atoms with Gasteiger partial charge in [0.25, 0.3) is 0 Å². The number of nitriles is 1. The average Bonchev–Trinajstić information content (AvgIpc) is 3.10. The predicted octanol–water partition coefficient (Wildman–Crippen LogP) is 1.64. The van der Waals surface area contributed by atoms with Crippen molar-refractivity contribution in [3.05, 3.63) is 47.3 Å². The van der Waals surface area contributed by atoms with Gasteiger partial charge in [-0.25, -0.2) is 0 Å². The minimum atomic E-state index is -0.237. The van der Waals surface area contributed by atoms with Gasteiger partial charge in [0.15, 0.2) is 5.76 Å². The molecule has 1 aliphatic heterocycles. The predicted molar refractivity (Wildman–Crippen MR) is 107 cm³/mol. The molecule has 8 nitrogen and oxygen atoms in total. The van der Waals surface area contributed by atoms with Crippen molar-refractivity contribution in [1.29, 1.82) is 5.26 Å². The number of piperazine rings is 1. The molecule has 1 fully saturated rings. The van der Waals surface area contributed by atoms with Crippen LogP contribution in [0, 0.1) is 18.3 Å². The summed E-state index contributed by atoms with van der Waals surface area (Å²) in [7, 11) is 0. The van der Waals surface area contributed by atoms with Gasteiger partial charge in [0.05, 0.1) is 6.42 Å². The number of aromatic nitrogens is 1. The number of nitrogens with one attached hydrogen (secondary N) is 1. The summed E-state index contributed by atoms with van der Waals surface area (Å²) in [5, 5.41) is 15.6. The molecule has 0 atom stereocenters. The van der Waals surface area contributed by atoms with Gasteiger partial charge < -0.3 is 19.6 Å². The third-order valence-corrected chi connectivity index (χ3v) is 5.02. The summed E-state index contributed by atoms with van der Waals surface area (Å²) >= 11 is 0. The van der Waals surface area contributed by atoms with E-state index in [-0.39, 0.29) is 18.2 Å². The monoisotopic (exact) mass is 395 g/mol. The SMILES string of the molecule is Cc1onc(CC(=O)NCCCC(=O)N2CCN(c3ccccc3)CC2)c1C#N. The smallest absolute Gasteiger partial charge is 0.226 e. The molecule has 0 radical (unpaired) electrons. The second kappa shape index (κ2) is 9.73. The van der Waals surface area contributed by atoms with Crippen molar-refractivity contribution in [3.8, 4) is 6.07 Å². The molecule has 1 N–H and O–H groups in total. The van der Waals surface area contributed by atoms with E-state index < -0.39 is 0 Å². The molecule has 8 heteroatoms. The van der Waals surface area contributed by atoms with Crippen LogP contribution in [0.2, 0.25) is 0 Å². The van der Waals surface area contributed by atoms with Gasteiger partial charge in [-0.1, -0.05) is 23.4 Å². The first-order chi connectivity index (χ1) is 14.1. The van der Waals surface area contributed by atoms with Crippen LogP contribution in [0.15, 0.2) is 34.9 Å². The minimum Gasteiger partial charge on any atom is -0.368 e. The highest BCUT2D eigenvalue weighted by Crippen LogP contribution is 2.16. The van der Waals surface area contributed by atoms with Crippen molar-refractivity contribution in [2.45, 2.75) is 26.2 Å². The molecule has 29 heavy (non-hydrogen) atoms. The Kier molecular flexibility index (Phi) is 6.85. The third kappa shape index (κ3) is 5.35. The molecule has 2 aromatic rings. The fourth-order valence-electron chi connectivity index (χ4n) is 3.37. The number of para-hydroxylation sites is 1. The van der Waals surface area contributed by atoms with Gasteiger partial charge >= 0.3 is 0 Å². The van der Waals surface area contributed by atoms with Gasteiger partial charge in [0, 0.05) is 44.8 Å². The number of benzene rings is 1. The molecule has 152 valence electrons. The maximum absolute atomic E-state index is 12.4. The highest BCUT2D eigenvalue weighted by molar-refractivity contribution is 5.79. The second-order valence-electron chi connectivity index (χ2n) is 7.01. The van der Waals surface area contributed by atoms with Crippen molar-refractivity contribution in [1.82, 2.24) is 15.4 Å². The van der Waals surface area contributed by atoms with Crippen LogP contribution in [0.1, 0.15) is 29.9 Å². The molecule has 1 aromatic heterocycles. The van der Waals surface area contributed by atoms with Crippen molar-refractivity contribution in [2.75, 3.05) is 37.6 Å². The molecule has 1 saturated heterocycles. The van der Waals surface area contributed by atoms with Gasteiger partial charge in [-0.15, -0.1) is 0 Å². The van der Waals surface area contributed by atoms with Crippen LogP contribution in [0.4, 0.5) is 5.69 Å². The van der Waals surface area contributed by atoms with E-state index in [9.17, 15) is 9.59 Å². The molecule has 2 amide bonds. The van der Waals surface area contributed by atoms with Crippen LogP contribution in [-0.2, 0) is 16.0 Å². The summed E-state index contributed by atoms with van der Waals surface area (Å²) in [4.78, 5) is 28.6. The Morgan fingerprint density at radius 2 is 1.93 bits per heavy atom. The minimum absolute atomic E-state index is 0.00434. The van der Waals surface area contributed by atoms with Crippen LogP contribution >= 0.6 is 0 Å². The number of rotatable bonds is 7. The summed E-state index contributed by atoms with van der Waals surface area (Å²) in [5.41, 5.74) is 1.84. The van der Waals surface area contributed by atoms with E-state index in [1.54, 1.807) is 6.92 Å². The van der Waals surface area contributed by atoms with Gasteiger partial charge in [-0.3, -0.25) is 9.59 Å². The maximum atomic E-state index is 12.4. The first-order valence-corrected chi connectivity index (χ1v) is 9.78. The number of amides is 2. The molecule has 3 rings (SSSR count). The van der Waals surface area contributed by atoms with Crippen LogP contribution in [0.3, 0.4) is 0 Å². The zero-order valence-electron chi connectivity index (χ0n) is 16.6. The summed E-state index contributed by atoms with van der Waals surface area (Å²) in [6.07, 6.45) is 0.972. The fourth-order valence-corrected chi connectivity index (χ4v) is 3.37. The molecule has 0 saturated carbocycles. The summed E-state index contributed by atoms with van der Waals surface area (Å²) in [6, 6.07) is 12.2. The first-order valence-electron chi connectivity index (χ1n) is 9.78. The highest BCUT2D eigenvalue weighted by atomic mass is 16.5. The Morgan fingerprint density at radius 1 is 1.21 bits per heavy atom. The Labute approximate surface area is 170 Å². The van der Waals surface area contributed by atoms with Crippen LogP contribution in [-0.4, -0.2) is 54.6 Å². The summed E-state index contributed by atoms with van der Waals surface area (Å²) in [6.45, 7) is 5.12. The van der Waals surface area contributed by atoms with E-state index in [4.69, 9.17) is 9.78 Å². The van der Waals surface area contributed by atoms with E-state index in [1.165, 1.54) is 5.69 Å². The van der Waals surface area contributed by atoms with E-state index in [2.05, 4.69) is 27.5 Å². The van der Waals surface area contributed by atoms with Gasteiger partial charge in [0.2, 0.25) is 11.8 Å². The molecule has 0 aliphatic carbocycles. The van der Waals surface area contributed by atoms with Crippen molar-refractivity contribution >= 4 is 17.5 Å². The molecule has 0 bridgehead atoms. The lowest BCUT2D eigenvalue weighted by atomic mass is 10.1. The number of aryl methyl sites for hydroxylation is 1. The van der Waals surface area contributed by atoms with Gasteiger partial charge in [0.1, 0.15) is 17.3 Å². The maximum Gasteiger partial charge on any atom is 0.226 e. The van der Waals surface area contributed by atoms with E-state index in [0.29, 0.717) is 49.5 Å². The zero-order valence-corrected chi connectivity index (χ0v) is 16.6. The lowest BCUT2D eigenvalue weighted by Gasteiger charge is -2.36. The lowest BCUT2D eigenvalue weighted by molar-refractivity contribution is -0.131. The van der Waals surface area contributed by atoms with Gasteiger partial charge in [-0.2, -0.15) is 5.26 Å². The van der Waals surface area contributed by atoms with Crippen LogP contribution < -0.4 is 10.2 Å². The Balaban J connectivity index is 1.34. The van der Waals surface area contributed by atoms with Crippen molar-refractivity contribution < 1.29 is 14.1 Å². The summed E-state index contributed by atoms with van der Waals surface area (Å²) < 4.78 is 4.94. The Bertz CT molecular complexity index is 879. The van der Waals surface area contributed by atoms with Crippen LogP contribution in [0.25, 0.3) is 0 Å². The van der Waals surface area contributed by atoms with E-state index in [1.807, 2.05) is 29.2 Å². The molecule has 1 aromatic carbocycles. The van der Waals surface area contributed by atoms with E-state index >= 15 is 0 Å². The number of hydrogen-bond donors (Lipinski definition) is 1. The van der Waals surface area contributed by atoms with Crippen molar-refractivity contribution in [3.63, 3.8) is 0 Å². The number of hydrogen-bond acceptors (Lipinski definition) is 6. The largest absolute Gasteiger partial charge is 0.368 e. The molecule has 0 unspecified atom stereocenters. The normalized spacial score (nSPS) is 13.8. The fraction of sp³-hybridized carbons (Fsp3) is 0.429. The average molecular weight is 395 g/mol. The molecule has 1 aliphatic rings. The number of nitrogens with zero attached hydrogens (tertiary/aromatic N) is 4. The van der Waals surface area contributed by atoms with E-state index in [0.717, 1.165) is 13.1 Å². The lowest BCUT2D eigenvalue weighted by Crippen LogP contribution is -2.48. The van der Waals surface area contributed by atoms with Crippen molar-refractivity contribution in [2.24, 2.45) is 0 Å². The summed E-state index contributed by atoms with van der Waals surface area (Å²) in [5.74, 6) is 0.290. The third-order valence-electron chi connectivity index (χ3n) is 5.02. The second-order valence-corrected chi connectivity index (χ2v) is 7.01. The Morgan fingerprint density at radius 3 is 2.62 bits per heavy atom. The highest BCUT2D eigenvalue weighted by Gasteiger charge is 2.21. The number of anilines is 1. The topological polar surface area (TPSA) is 102 Å². The first kappa shape index (κ1) is 20.4. The standard InChI is InChI=1S/C21H25N5O3/c1-16-18(15-22)19(24-29-16)14-20(27)23-9-5-8-21(28)26-12-10-25(11-13-26)17-6-3-2-4-7-17/h2-4,6-7H,5,8-14H2,1H3,(H,23,27). The quantitative estimate of drug-likeness (QED) is 0.715. The molecule has 2 heterocycles. The number of carbonyl (C=O) groups excluding carboxylic acids is 2. The molecular formula is C21H25N5O3. The molecular weight excluding hydrogens is 370 g/mol. The van der Waals surface area contributed by atoms with Gasteiger partial charge in [-0.05, 0) is 25.5 Å². The van der Waals surface area contributed by atoms with Crippen LogP contribution in [0.5, 0.6) is 0 Å². The Hall–Kier alpha value is -3.34. The molecule has 0 spiro atoms. The zero-order chi connectivity index (χ0) is 20.6. The number of carbonyl (C=O) groups is 2.